The molecule has 1 heterocycles. The first-order chi connectivity index (χ1) is 9.63. The first-order valence-electron chi connectivity index (χ1n) is 5.92. The third-order valence-corrected chi connectivity index (χ3v) is 2.54. The maximum absolute atomic E-state index is 11.2. The van der Waals surface area contributed by atoms with E-state index in [-0.39, 0.29) is 29.1 Å². The molecule has 2 rings (SSSR count). The summed E-state index contributed by atoms with van der Waals surface area (Å²) in [6.07, 6.45) is 0.178. The van der Waals surface area contributed by atoms with Gasteiger partial charge in [0.05, 0.1) is 23.6 Å². The van der Waals surface area contributed by atoms with Gasteiger partial charge in [-0.1, -0.05) is 0 Å². The fraction of sp³-hybridized carbons (Fsp3) is 0.364. The van der Waals surface area contributed by atoms with Crippen molar-refractivity contribution in [1.29, 1.82) is 0 Å². The predicted molar refractivity (Wildman–Crippen MR) is 68.2 cm³/mol. The Labute approximate surface area is 113 Å². The van der Waals surface area contributed by atoms with Crippen molar-refractivity contribution in [2.45, 2.75) is 13.3 Å². The zero-order valence-electron chi connectivity index (χ0n) is 10.7. The highest BCUT2D eigenvalue weighted by Crippen LogP contribution is 2.28. The van der Waals surface area contributed by atoms with Crippen molar-refractivity contribution in [2.75, 3.05) is 18.5 Å². The van der Waals surface area contributed by atoms with Gasteiger partial charge in [0.1, 0.15) is 0 Å². The summed E-state index contributed by atoms with van der Waals surface area (Å²) in [4.78, 5) is 21.4. The number of hydrogen-bond donors (Lipinski definition) is 1. The molecular formula is C11H12N4O5. The van der Waals surface area contributed by atoms with Gasteiger partial charge in [0.25, 0.3) is 0 Å². The van der Waals surface area contributed by atoms with Crippen molar-refractivity contribution in [3.05, 3.63) is 22.2 Å². The first kappa shape index (κ1) is 13.7. The topological polar surface area (TPSA) is 120 Å². The molecule has 1 N–H and O–H groups in total. The van der Waals surface area contributed by atoms with Gasteiger partial charge in [0.15, 0.2) is 5.52 Å². The van der Waals surface area contributed by atoms with Crippen LogP contribution in [0.25, 0.3) is 11.0 Å². The second kappa shape index (κ2) is 5.95. The van der Waals surface area contributed by atoms with Gasteiger partial charge in [0, 0.05) is 12.6 Å². The van der Waals surface area contributed by atoms with E-state index >= 15 is 0 Å². The van der Waals surface area contributed by atoms with Gasteiger partial charge in [0.2, 0.25) is 5.52 Å². The van der Waals surface area contributed by atoms with E-state index in [4.69, 9.17) is 4.74 Å². The van der Waals surface area contributed by atoms with E-state index in [0.29, 0.717) is 18.8 Å². The molecule has 20 heavy (non-hydrogen) atoms. The highest BCUT2D eigenvalue weighted by atomic mass is 16.6. The molecule has 106 valence electrons. The molecule has 0 aliphatic heterocycles. The third kappa shape index (κ3) is 2.82. The van der Waals surface area contributed by atoms with E-state index in [1.165, 1.54) is 12.1 Å². The molecule has 0 aliphatic rings. The van der Waals surface area contributed by atoms with E-state index in [9.17, 15) is 14.9 Å². The summed E-state index contributed by atoms with van der Waals surface area (Å²) < 4.78 is 9.31. The monoisotopic (exact) mass is 280 g/mol. The summed E-state index contributed by atoms with van der Waals surface area (Å²) in [5.74, 6) is -0.323. The normalized spacial score (nSPS) is 10.4. The molecule has 0 unspecified atom stereocenters. The lowest BCUT2D eigenvalue weighted by molar-refractivity contribution is -0.383. The Morgan fingerprint density at radius 2 is 2.20 bits per heavy atom. The fourth-order valence-electron chi connectivity index (χ4n) is 1.68. The maximum atomic E-state index is 11.2. The van der Waals surface area contributed by atoms with Crippen LogP contribution in [0, 0.1) is 10.1 Å². The quantitative estimate of drug-likeness (QED) is 0.480. The summed E-state index contributed by atoms with van der Waals surface area (Å²) in [5.41, 5.74) is 0.646. The predicted octanol–water partition coefficient (Wildman–Crippen LogP) is 1.50. The molecule has 0 amide bonds. The standard InChI is InChI=1S/C11H12N4O5/c1-2-19-9(16)5-6-12-7-3-4-8(15(17)18)11-10(7)13-20-14-11/h3-4,12H,2,5-6H2,1H3. The van der Waals surface area contributed by atoms with Crippen molar-refractivity contribution in [3.8, 4) is 0 Å². The van der Waals surface area contributed by atoms with Crippen molar-refractivity contribution in [2.24, 2.45) is 0 Å². The average Bonchev–Trinajstić information content (AvgIpc) is 2.88. The summed E-state index contributed by atoms with van der Waals surface area (Å²) in [6, 6.07) is 2.80. The molecule has 0 aliphatic carbocycles. The number of non-ortho nitro benzene ring substituents is 1. The minimum Gasteiger partial charge on any atom is -0.466 e. The lowest BCUT2D eigenvalue weighted by Crippen LogP contribution is -2.11. The van der Waals surface area contributed by atoms with Crippen LogP contribution >= 0.6 is 0 Å². The second-order valence-corrected chi connectivity index (χ2v) is 3.83. The average molecular weight is 280 g/mol. The number of hydrogen-bond acceptors (Lipinski definition) is 8. The summed E-state index contributed by atoms with van der Waals surface area (Å²) in [7, 11) is 0. The number of anilines is 1. The maximum Gasteiger partial charge on any atom is 0.307 e. The Balaban J connectivity index is 2.12. The molecule has 0 spiro atoms. The molecule has 2 aromatic rings. The highest BCUT2D eigenvalue weighted by Gasteiger charge is 2.19. The molecule has 0 bridgehead atoms. The van der Waals surface area contributed by atoms with Crippen molar-refractivity contribution < 1.29 is 19.1 Å². The third-order valence-electron chi connectivity index (χ3n) is 2.54. The van der Waals surface area contributed by atoms with Crippen LogP contribution in [-0.2, 0) is 9.53 Å². The molecule has 0 atom stereocenters. The molecule has 1 aromatic carbocycles. The van der Waals surface area contributed by atoms with Crippen molar-refractivity contribution >= 4 is 28.4 Å². The Morgan fingerprint density at radius 3 is 2.90 bits per heavy atom. The van der Waals surface area contributed by atoms with E-state index in [2.05, 4.69) is 20.3 Å². The van der Waals surface area contributed by atoms with E-state index in [1.54, 1.807) is 6.92 Å². The smallest absolute Gasteiger partial charge is 0.307 e. The largest absolute Gasteiger partial charge is 0.466 e. The fourth-order valence-corrected chi connectivity index (χ4v) is 1.68. The van der Waals surface area contributed by atoms with Gasteiger partial charge in [-0.25, -0.2) is 4.63 Å². The lowest BCUT2D eigenvalue weighted by atomic mass is 10.2. The number of esters is 1. The van der Waals surface area contributed by atoms with E-state index < -0.39 is 4.92 Å². The van der Waals surface area contributed by atoms with Crippen LogP contribution in [0.2, 0.25) is 0 Å². The SMILES string of the molecule is CCOC(=O)CCNc1ccc([N+](=O)[O-])c2nonc12. The summed E-state index contributed by atoms with van der Waals surface area (Å²) >= 11 is 0. The Hall–Kier alpha value is -2.71. The number of nitro groups is 1. The molecule has 0 saturated heterocycles. The molecule has 9 nitrogen and oxygen atoms in total. The number of fused-ring (bicyclic) bond motifs is 1. The second-order valence-electron chi connectivity index (χ2n) is 3.83. The first-order valence-corrected chi connectivity index (χ1v) is 5.92. The number of carbonyl (C=O) groups excluding carboxylic acids is 1. The lowest BCUT2D eigenvalue weighted by Gasteiger charge is -2.06. The van der Waals surface area contributed by atoms with Gasteiger partial charge in [-0.2, -0.15) is 0 Å². The van der Waals surface area contributed by atoms with Gasteiger partial charge < -0.3 is 10.1 Å². The molecule has 0 radical (unpaired) electrons. The minimum atomic E-state index is -0.561. The number of aromatic nitrogens is 2. The van der Waals surface area contributed by atoms with Crippen LogP contribution in [0.3, 0.4) is 0 Å². The van der Waals surface area contributed by atoms with Crippen LogP contribution in [0.15, 0.2) is 16.8 Å². The van der Waals surface area contributed by atoms with Crippen LogP contribution in [0.1, 0.15) is 13.3 Å². The molecule has 0 fully saturated rings. The van der Waals surface area contributed by atoms with E-state index in [0.717, 1.165) is 0 Å². The molecule has 1 aromatic heterocycles. The zero-order valence-corrected chi connectivity index (χ0v) is 10.7. The van der Waals surface area contributed by atoms with Gasteiger partial charge in [-0.15, -0.1) is 0 Å². The minimum absolute atomic E-state index is 0.0659. The van der Waals surface area contributed by atoms with E-state index in [1.807, 2.05) is 0 Å². The summed E-state index contributed by atoms with van der Waals surface area (Å²) in [5, 5.41) is 20.9. The number of benzene rings is 1. The Morgan fingerprint density at radius 1 is 1.45 bits per heavy atom. The Bertz CT molecular complexity index is 639. The number of nitrogens with one attached hydrogen (secondary N) is 1. The van der Waals surface area contributed by atoms with Crippen molar-refractivity contribution in [3.63, 3.8) is 0 Å². The number of nitrogens with zero attached hydrogens (tertiary/aromatic N) is 3. The van der Waals surface area contributed by atoms with Crippen molar-refractivity contribution in [1.82, 2.24) is 10.3 Å². The van der Waals surface area contributed by atoms with Crippen LogP contribution < -0.4 is 5.32 Å². The van der Waals surface area contributed by atoms with Gasteiger partial charge in [-0.3, -0.25) is 14.9 Å². The Kier molecular flexibility index (Phi) is 4.08. The van der Waals surface area contributed by atoms with Crippen LogP contribution in [0.4, 0.5) is 11.4 Å². The highest BCUT2D eigenvalue weighted by molar-refractivity contribution is 5.93. The van der Waals surface area contributed by atoms with Gasteiger partial charge >= 0.3 is 11.7 Å². The molecular weight excluding hydrogens is 268 g/mol. The zero-order chi connectivity index (χ0) is 14.5. The molecule has 0 saturated carbocycles. The number of ether oxygens (including phenoxy) is 1. The summed E-state index contributed by atoms with van der Waals surface area (Å²) in [6.45, 7) is 2.37. The number of carbonyl (C=O) groups is 1. The van der Waals surface area contributed by atoms with Crippen LogP contribution in [0.5, 0.6) is 0 Å². The number of rotatable bonds is 6. The van der Waals surface area contributed by atoms with Gasteiger partial charge in [-0.05, 0) is 23.3 Å². The number of nitro benzene ring substituents is 1. The molecule has 9 heteroatoms. The van der Waals surface area contributed by atoms with Crippen LogP contribution in [-0.4, -0.2) is 34.4 Å².